The van der Waals surface area contributed by atoms with Gasteiger partial charge in [-0.15, -0.1) is 0 Å². The molecule has 5 heteroatoms. The van der Waals surface area contributed by atoms with Crippen LogP contribution in [0.2, 0.25) is 0 Å². The number of carbonyl (C=O) groups is 1. The standard InChI is InChI=1S/C16H25N3O2/c1-17-7-6-16(20)18-12-14-4-2-3-5-15(14)13-19-8-10-21-11-9-19/h2-5,17H,6-13H2,1H3,(H,18,20). The van der Waals surface area contributed by atoms with Crippen molar-refractivity contribution in [1.82, 2.24) is 15.5 Å². The van der Waals surface area contributed by atoms with Crippen LogP contribution in [0.5, 0.6) is 0 Å². The quantitative estimate of drug-likeness (QED) is 0.778. The molecule has 1 aromatic rings. The normalized spacial score (nSPS) is 15.9. The van der Waals surface area contributed by atoms with Crippen LogP contribution in [0.1, 0.15) is 17.5 Å². The molecule has 2 N–H and O–H groups in total. The molecule has 0 unspecified atom stereocenters. The summed E-state index contributed by atoms with van der Waals surface area (Å²) in [4.78, 5) is 14.1. The van der Waals surface area contributed by atoms with Gasteiger partial charge in [0, 0.05) is 39.1 Å². The van der Waals surface area contributed by atoms with E-state index >= 15 is 0 Å². The zero-order chi connectivity index (χ0) is 14.9. The summed E-state index contributed by atoms with van der Waals surface area (Å²) in [5.41, 5.74) is 2.48. The minimum Gasteiger partial charge on any atom is -0.379 e. The maximum atomic E-state index is 11.7. The Hall–Kier alpha value is -1.43. The zero-order valence-electron chi connectivity index (χ0n) is 12.7. The average molecular weight is 291 g/mol. The van der Waals surface area contributed by atoms with Gasteiger partial charge in [-0.05, 0) is 18.2 Å². The number of nitrogens with zero attached hydrogens (tertiary/aromatic N) is 1. The molecule has 21 heavy (non-hydrogen) atoms. The van der Waals surface area contributed by atoms with E-state index in [2.05, 4.69) is 33.7 Å². The molecule has 0 saturated carbocycles. The second kappa shape index (κ2) is 8.77. The first kappa shape index (κ1) is 15.9. The average Bonchev–Trinajstić information content (AvgIpc) is 2.53. The summed E-state index contributed by atoms with van der Waals surface area (Å²) >= 11 is 0. The molecule has 116 valence electrons. The van der Waals surface area contributed by atoms with E-state index in [0.29, 0.717) is 19.5 Å². The third-order valence-electron chi connectivity index (χ3n) is 3.69. The van der Waals surface area contributed by atoms with Crippen molar-refractivity contribution < 1.29 is 9.53 Å². The molecule has 0 radical (unpaired) electrons. The summed E-state index contributed by atoms with van der Waals surface area (Å²) in [5, 5.41) is 5.97. The highest BCUT2D eigenvalue weighted by molar-refractivity contribution is 5.76. The largest absolute Gasteiger partial charge is 0.379 e. The number of morpholine rings is 1. The third-order valence-corrected chi connectivity index (χ3v) is 3.69. The summed E-state index contributed by atoms with van der Waals surface area (Å²) in [5.74, 6) is 0.0884. The van der Waals surface area contributed by atoms with Gasteiger partial charge in [0.1, 0.15) is 0 Å². The Labute approximate surface area is 126 Å². The van der Waals surface area contributed by atoms with Gasteiger partial charge in [-0.2, -0.15) is 0 Å². The highest BCUT2D eigenvalue weighted by Crippen LogP contribution is 2.13. The molecule has 1 aliphatic rings. The zero-order valence-corrected chi connectivity index (χ0v) is 12.7. The Kier molecular flexibility index (Phi) is 6.66. The lowest BCUT2D eigenvalue weighted by molar-refractivity contribution is -0.121. The van der Waals surface area contributed by atoms with Gasteiger partial charge in [-0.25, -0.2) is 0 Å². The van der Waals surface area contributed by atoms with Crippen LogP contribution in [-0.2, 0) is 22.6 Å². The van der Waals surface area contributed by atoms with Gasteiger partial charge in [-0.1, -0.05) is 24.3 Å². The van der Waals surface area contributed by atoms with Gasteiger partial charge >= 0.3 is 0 Å². The van der Waals surface area contributed by atoms with Crippen LogP contribution in [0.4, 0.5) is 0 Å². The molecule has 1 amide bonds. The van der Waals surface area contributed by atoms with Crippen LogP contribution in [0.3, 0.4) is 0 Å². The molecule has 1 saturated heterocycles. The fraction of sp³-hybridized carbons (Fsp3) is 0.562. The Morgan fingerprint density at radius 1 is 1.24 bits per heavy atom. The Morgan fingerprint density at radius 3 is 2.67 bits per heavy atom. The second-order valence-corrected chi connectivity index (χ2v) is 5.29. The van der Waals surface area contributed by atoms with Crippen molar-refractivity contribution in [2.24, 2.45) is 0 Å². The Bertz CT molecular complexity index is 445. The van der Waals surface area contributed by atoms with Crippen molar-refractivity contribution in [3.63, 3.8) is 0 Å². The topological polar surface area (TPSA) is 53.6 Å². The van der Waals surface area contributed by atoms with Crippen molar-refractivity contribution >= 4 is 5.91 Å². The molecular formula is C16H25N3O2. The van der Waals surface area contributed by atoms with Gasteiger partial charge in [0.05, 0.1) is 13.2 Å². The van der Waals surface area contributed by atoms with Crippen LogP contribution >= 0.6 is 0 Å². The number of hydrogen-bond acceptors (Lipinski definition) is 4. The van der Waals surface area contributed by atoms with Gasteiger partial charge < -0.3 is 15.4 Å². The van der Waals surface area contributed by atoms with Crippen molar-refractivity contribution in [2.75, 3.05) is 39.9 Å². The SMILES string of the molecule is CNCCC(=O)NCc1ccccc1CN1CCOCC1. The number of nitrogens with one attached hydrogen (secondary N) is 2. The summed E-state index contributed by atoms with van der Waals surface area (Å²) in [6.07, 6.45) is 0.516. The summed E-state index contributed by atoms with van der Waals surface area (Å²) in [6.45, 7) is 5.80. The van der Waals surface area contributed by atoms with Crippen molar-refractivity contribution in [2.45, 2.75) is 19.5 Å². The lowest BCUT2D eigenvalue weighted by Gasteiger charge is -2.27. The molecule has 0 atom stereocenters. The third kappa shape index (κ3) is 5.46. The first-order chi connectivity index (χ1) is 10.3. The fourth-order valence-electron chi connectivity index (χ4n) is 2.41. The molecular weight excluding hydrogens is 266 g/mol. The van der Waals surface area contributed by atoms with Crippen LogP contribution < -0.4 is 10.6 Å². The molecule has 0 aliphatic carbocycles. The number of carbonyl (C=O) groups excluding carboxylic acids is 1. The number of hydrogen-bond donors (Lipinski definition) is 2. The van der Waals surface area contributed by atoms with E-state index in [1.165, 1.54) is 11.1 Å². The Morgan fingerprint density at radius 2 is 1.95 bits per heavy atom. The van der Waals surface area contributed by atoms with E-state index in [4.69, 9.17) is 4.74 Å². The number of amides is 1. The first-order valence-corrected chi connectivity index (χ1v) is 7.58. The minimum absolute atomic E-state index is 0.0884. The molecule has 5 nitrogen and oxygen atoms in total. The van der Waals surface area contributed by atoms with Crippen molar-refractivity contribution in [3.8, 4) is 0 Å². The maximum absolute atomic E-state index is 11.7. The van der Waals surface area contributed by atoms with Crippen molar-refractivity contribution in [3.05, 3.63) is 35.4 Å². The van der Waals surface area contributed by atoms with Crippen molar-refractivity contribution in [1.29, 1.82) is 0 Å². The lowest BCUT2D eigenvalue weighted by atomic mass is 10.1. The number of rotatable bonds is 7. The van der Waals surface area contributed by atoms with E-state index in [1.807, 2.05) is 13.1 Å². The van der Waals surface area contributed by atoms with Gasteiger partial charge in [0.25, 0.3) is 0 Å². The molecule has 0 spiro atoms. The molecule has 1 aliphatic heterocycles. The monoisotopic (exact) mass is 291 g/mol. The van der Waals surface area contributed by atoms with Crippen LogP contribution in [0.25, 0.3) is 0 Å². The summed E-state index contributed by atoms with van der Waals surface area (Å²) in [6, 6.07) is 8.32. The maximum Gasteiger partial charge on any atom is 0.221 e. The van der Waals surface area contributed by atoms with Crippen LogP contribution in [0.15, 0.2) is 24.3 Å². The predicted molar refractivity (Wildman–Crippen MR) is 82.9 cm³/mol. The minimum atomic E-state index is 0.0884. The highest BCUT2D eigenvalue weighted by atomic mass is 16.5. The van der Waals surface area contributed by atoms with Gasteiger partial charge in [-0.3, -0.25) is 9.69 Å². The van der Waals surface area contributed by atoms with E-state index in [1.54, 1.807) is 0 Å². The molecule has 1 fully saturated rings. The van der Waals surface area contributed by atoms with Crippen LogP contribution in [-0.4, -0.2) is 50.7 Å². The molecule has 0 bridgehead atoms. The number of ether oxygens (including phenoxy) is 1. The van der Waals surface area contributed by atoms with E-state index in [9.17, 15) is 4.79 Å². The van der Waals surface area contributed by atoms with Gasteiger partial charge in [0.15, 0.2) is 0 Å². The fourth-order valence-corrected chi connectivity index (χ4v) is 2.41. The Balaban J connectivity index is 1.88. The molecule has 2 rings (SSSR count). The second-order valence-electron chi connectivity index (χ2n) is 5.29. The van der Waals surface area contributed by atoms with E-state index in [-0.39, 0.29) is 5.91 Å². The first-order valence-electron chi connectivity index (χ1n) is 7.58. The number of benzene rings is 1. The smallest absolute Gasteiger partial charge is 0.221 e. The predicted octanol–water partition coefficient (Wildman–Crippen LogP) is 0.745. The van der Waals surface area contributed by atoms with Crippen LogP contribution in [0, 0.1) is 0 Å². The van der Waals surface area contributed by atoms with E-state index < -0.39 is 0 Å². The van der Waals surface area contributed by atoms with E-state index in [0.717, 1.165) is 32.8 Å². The summed E-state index contributed by atoms with van der Waals surface area (Å²) in [7, 11) is 1.85. The highest BCUT2D eigenvalue weighted by Gasteiger charge is 2.12. The van der Waals surface area contributed by atoms with Gasteiger partial charge in [0.2, 0.25) is 5.91 Å². The molecule has 1 aromatic carbocycles. The molecule has 0 aromatic heterocycles. The summed E-state index contributed by atoms with van der Waals surface area (Å²) < 4.78 is 5.38. The molecule has 1 heterocycles. The lowest BCUT2D eigenvalue weighted by Crippen LogP contribution is -2.36.